The monoisotopic (exact) mass is 429 g/mol. The van der Waals surface area contributed by atoms with Crippen LogP contribution < -0.4 is 10.4 Å². The van der Waals surface area contributed by atoms with Gasteiger partial charge in [-0.05, 0) is 66.6 Å². The lowest BCUT2D eigenvalue weighted by Gasteiger charge is -2.14. The molecule has 9 nitrogen and oxygen atoms in total. The summed E-state index contributed by atoms with van der Waals surface area (Å²) in [5.41, 5.74) is 5.98. The van der Waals surface area contributed by atoms with Gasteiger partial charge in [-0.15, -0.1) is 0 Å². The number of hydrogen-bond donors (Lipinski definition) is 0. The number of tetrazole rings is 1. The van der Waals surface area contributed by atoms with E-state index in [0.717, 1.165) is 27.9 Å². The second-order valence-electron chi connectivity index (χ2n) is 7.68. The van der Waals surface area contributed by atoms with E-state index in [0.29, 0.717) is 22.7 Å². The lowest BCUT2D eigenvalue weighted by Crippen LogP contribution is -2.23. The molecular formula is C23H23N7O2. The van der Waals surface area contributed by atoms with Crippen molar-refractivity contribution in [2.75, 3.05) is 0 Å². The van der Waals surface area contributed by atoms with E-state index in [1.54, 1.807) is 11.7 Å². The van der Waals surface area contributed by atoms with E-state index in [2.05, 4.69) is 21.6 Å². The van der Waals surface area contributed by atoms with Crippen molar-refractivity contribution in [3.8, 4) is 28.8 Å². The van der Waals surface area contributed by atoms with Gasteiger partial charge in [-0.1, -0.05) is 12.1 Å². The number of rotatable bonds is 5. The molecule has 2 aromatic carbocycles. The largest absolute Gasteiger partial charge is 0.489 e. The summed E-state index contributed by atoms with van der Waals surface area (Å²) in [6.07, 6.45) is 0. The summed E-state index contributed by atoms with van der Waals surface area (Å²) in [6.45, 7) is 6.05. The number of nitrogens with zero attached hydrogens (tertiary/aromatic N) is 7. The Bertz CT molecular complexity index is 1420. The lowest BCUT2D eigenvalue weighted by atomic mass is 10.0. The average molecular weight is 429 g/mol. The van der Waals surface area contributed by atoms with Gasteiger partial charge in [0, 0.05) is 25.2 Å². The van der Waals surface area contributed by atoms with Crippen LogP contribution in [0.5, 0.6) is 5.75 Å². The standard InChI is InChI=1S/C23H23N7O2/c1-14-7-6-8-20(30-23(31)29(5)26-27-30)19(14)13-32-21-10-9-17(11-15(21)2)22-18(12-24)16(3)28(4)25-22/h6-11H,13H2,1-5H3. The summed E-state index contributed by atoms with van der Waals surface area (Å²) in [5, 5.41) is 21.8. The Labute approximate surface area is 185 Å². The van der Waals surface area contributed by atoms with Gasteiger partial charge in [0.15, 0.2) is 0 Å². The predicted octanol–water partition coefficient (Wildman–Crippen LogP) is 2.74. The van der Waals surface area contributed by atoms with Gasteiger partial charge in [-0.25, -0.2) is 4.79 Å². The smallest absolute Gasteiger partial charge is 0.368 e. The first-order chi connectivity index (χ1) is 15.3. The number of benzene rings is 2. The van der Waals surface area contributed by atoms with E-state index in [9.17, 15) is 10.1 Å². The first-order valence-electron chi connectivity index (χ1n) is 10.1. The highest BCUT2D eigenvalue weighted by atomic mass is 16.5. The quantitative estimate of drug-likeness (QED) is 0.483. The molecule has 0 aliphatic heterocycles. The van der Waals surface area contributed by atoms with Crippen LogP contribution in [-0.2, 0) is 20.7 Å². The first kappa shape index (κ1) is 21.1. The molecule has 0 saturated heterocycles. The van der Waals surface area contributed by atoms with Crippen molar-refractivity contribution in [3.63, 3.8) is 0 Å². The Morgan fingerprint density at radius 2 is 1.81 bits per heavy atom. The van der Waals surface area contributed by atoms with Gasteiger partial charge >= 0.3 is 5.69 Å². The van der Waals surface area contributed by atoms with Crippen LogP contribution in [-0.4, -0.2) is 29.6 Å². The minimum atomic E-state index is -0.323. The molecular weight excluding hydrogens is 406 g/mol. The minimum absolute atomic E-state index is 0.261. The maximum atomic E-state index is 12.3. The average Bonchev–Trinajstić information content (AvgIpc) is 3.26. The highest BCUT2D eigenvalue weighted by Gasteiger charge is 2.17. The highest BCUT2D eigenvalue weighted by Crippen LogP contribution is 2.30. The Kier molecular flexibility index (Phi) is 5.36. The number of aromatic nitrogens is 6. The van der Waals surface area contributed by atoms with Crippen molar-refractivity contribution < 1.29 is 4.74 Å². The van der Waals surface area contributed by atoms with Crippen molar-refractivity contribution in [3.05, 3.63) is 74.8 Å². The Hall–Kier alpha value is -4.19. The molecule has 0 N–H and O–H groups in total. The fourth-order valence-electron chi connectivity index (χ4n) is 3.59. The van der Waals surface area contributed by atoms with Crippen molar-refractivity contribution in [1.82, 2.24) is 29.6 Å². The summed E-state index contributed by atoms with van der Waals surface area (Å²) >= 11 is 0. The third-order valence-corrected chi connectivity index (χ3v) is 5.60. The van der Waals surface area contributed by atoms with Crippen molar-refractivity contribution in [2.24, 2.45) is 14.1 Å². The van der Waals surface area contributed by atoms with Gasteiger partial charge in [0.05, 0.1) is 11.4 Å². The van der Waals surface area contributed by atoms with E-state index < -0.39 is 0 Å². The van der Waals surface area contributed by atoms with Crippen molar-refractivity contribution in [1.29, 1.82) is 5.26 Å². The summed E-state index contributed by atoms with van der Waals surface area (Å²) in [6, 6.07) is 13.6. The Morgan fingerprint density at radius 1 is 1.03 bits per heavy atom. The molecule has 2 heterocycles. The Morgan fingerprint density at radius 3 is 2.47 bits per heavy atom. The molecule has 0 unspecified atom stereocenters. The van der Waals surface area contributed by atoms with Crippen molar-refractivity contribution >= 4 is 0 Å². The maximum absolute atomic E-state index is 12.3. The topological polar surface area (TPSA) is 104 Å². The molecule has 32 heavy (non-hydrogen) atoms. The van der Waals surface area contributed by atoms with Crippen LogP contribution in [0.15, 0.2) is 41.2 Å². The van der Waals surface area contributed by atoms with Crippen LogP contribution in [0.3, 0.4) is 0 Å². The van der Waals surface area contributed by atoms with Gasteiger partial charge in [0.1, 0.15) is 29.7 Å². The number of ether oxygens (including phenoxy) is 1. The molecule has 0 saturated carbocycles. The molecule has 2 aromatic heterocycles. The highest BCUT2D eigenvalue weighted by molar-refractivity contribution is 5.69. The molecule has 0 aliphatic carbocycles. The van der Waals surface area contributed by atoms with E-state index in [-0.39, 0.29) is 12.3 Å². The van der Waals surface area contributed by atoms with Crippen molar-refractivity contribution in [2.45, 2.75) is 27.4 Å². The molecule has 0 spiro atoms. The fourth-order valence-corrected chi connectivity index (χ4v) is 3.59. The number of nitriles is 1. The van der Waals surface area contributed by atoms with Crippen LogP contribution in [0.25, 0.3) is 16.9 Å². The third kappa shape index (κ3) is 3.56. The van der Waals surface area contributed by atoms with Crippen LogP contribution in [0.2, 0.25) is 0 Å². The molecule has 0 radical (unpaired) electrons. The molecule has 0 amide bonds. The second kappa shape index (κ2) is 8.15. The van der Waals surface area contributed by atoms with Crippen LogP contribution in [0.1, 0.15) is 27.9 Å². The molecule has 0 bridgehead atoms. The maximum Gasteiger partial charge on any atom is 0.368 e. The van der Waals surface area contributed by atoms with Crippen LogP contribution in [0.4, 0.5) is 0 Å². The molecule has 4 aromatic rings. The molecule has 0 fully saturated rings. The lowest BCUT2D eigenvalue weighted by molar-refractivity contribution is 0.302. The first-order valence-corrected chi connectivity index (χ1v) is 10.1. The predicted molar refractivity (Wildman–Crippen MR) is 119 cm³/mol. The molecule has 162 valence electrons. The molecule has 0 aliphatic rings. The summed E-state index contributed by atoms with van der Waals surface area (Å²) in [7, 11) is 3.38. The van der Waals surface area contributed by atoms with Gasteiger partial charge in [0.2, 0.25) is 0 Å². The zero-order valence-electron chi connectivity index (χ0n) is 18.6. The number of hydrogen-bond acceptors (Lipinski definition) is 6. The SMILES string of the molecule is Cc1cc(-c2nn(C)c(C)c2C#N)ccc1OCc1c(C)cccc1-n1nnn(C)c1=O. The van der Waals surface area contributed by atoms with Crippen LogP contribution >= 0.6 is 0 Å². The van der Waals surface area contributed by atoms with Gasteiger partial charge in [0.25, 0.3) is 0 Å². The third-order valence-electron chi connectivity index (χ3n) is 5.60. The molecule has 4 rings (SSSR count). The van der Waals surface area contributed by atoms with E-state index in [4.69, 9.17) is 4.74 Å². The molecule has 9 heteroatoms. The summed E-state index contributed by atoms with van der Waals surface area (Å²) < 4.78 is 10.3. The zero-order valence-corrected chi connectivity index (χ0v) is 18.6. The van der Waals surface area contributed by atoms with E-state index >= 15 is 0 Å². The molecule has 0 atom stereocenters. The van der Waals surface area contributed by atoms with Gasteiger partial charge < -0.3 is 4.74 Å². The van der Waals surface area contributed by atoms with E-state index in [1.807, 2.05) is 64.2 Å². The Balaban J connectivity index is 1.64. The number of aryl methyl sites for hydroxylation is 4. The normalized spacial score (nSPS) is 10.9. The second-order valence-corrected chi connectivity index (χ2v) is 7.68. The van der Waals surface area contributed by atoms with Gasteiger partial charge in [-0.3, -0.25) is 4.68 Å². The zero-order chi connectivity index (χ0) is 23.0. The van der Waals surface area contributed by atoms with E-state index in [1.165, 1.54) is 9.36 Å². The minimum Gasteiger partial charge on any atom is -0.489 e. The van der Waals surface area contributed by atoms with Crippen LogP contribution in [0, 0.1) is 32.1 Å². The summed E-state index contributed by atoms with van der Waals surface area (Å²) in [4.78, 5) is 12.3. The van der Waals surface area contributed by atoms with Gasteiger partial charge in [-0.2, -0.15) is 19.7 Å². The summed E-state index contributed by atoms with van der Waals surface area (Å²) in [5.74, 6) is 0.709. The fraction of sp³-hybridized carbons (Fsp3) is 0.261.